The highest BCUT2D eigenvalue weighted by Gasteiger charge is 2.25. The summed E-state index contributed by atoms with van der Waals surface area (Å²) in [5.41, 5.74) is 6.84. The molecule has 0 atom stereocenters. The van der Waals surface area contributed by atoms with Gasteiger partial charge >= 0.3 is 0 Å². The van der Waals surface area contributed by atoms with E-state index in [4.69, 9.17) is 14.9 Å². The predicted octanol–water partition coefficient (Wildman–Crippen LogP) is 1.69. The molecule has 108 valence electrons. The van der Waals surface area contributed by atoms with Gasteiger partial charge in [-0.25, -0.2) is 8.42 Å². The van der Waals surface area contributed by atoms with E-state index in [1.807, 2.05) is 0 Å². The van der Waals surface area contributed by atoms with Crippen LogP contribution >= 0.6 is 0 Å². The van der Waals surface area contributed by atoms with Crippen molar-refractivity contribution in [1.82, 2.24) is 4.31 Å². The summed E-state index contributed by atoms with van der Waals surface area (Å²) in [6.07, 6.45) is 3.01. The molecule has 0 fully saturated rings. The Bertz CT molecular complexity index is 680. The fourth-order valence-corrected chi connectivity index (χ4v) is 3.08. The topological polar surface area (TPSA) is 85.8 Å². The lowest BCUT2D eigenvalue weighted by Crippen LogP contribution is -2.26. The fourth-order valence-electron chi connectivity index (χ4n) is 1.79. The molecule has 2 rings (SSSR count). The summed E-state index contributed by atoms with van der Waals surface area (Å²) in [6.45, 7) is 0.215. The summed E-state index contributed by atoms with van der Waals surface area (Å²) >= 11 is 0. The Hall–Kier alpha value is -1.99. The van der Waals surface area contributed by atoms with Gasteiger partial charge in [0, 0.05) is 30.9 Å². The summed E-state index contributed by atoms with van der Waals surface area (Å²) < 4.78 is 36.3. The number of hydrogen-bond donors (Lipinski definition) is 1. The molecule has 6 nitrogen and oxygen atoms in total. The van der Waals surface area contributed by atoms with Gasteiger partial charge < -0.3 is 14.9 Å². The SMILES string of the molecule is COc1cc(N)ccc1S(=O)(=O)N(C)Cc1ccoc1. The van der Waals surface area contributed by atoms with Crippen molar-refractivity contribution < 1.29 is 17.6 Å². The molecule has 0 aliphatic heterocycles. The van der Waals surface area contributed by atoms with Crippen LogP contribution in [0, 0.1) is 0 Å². The van der Waals surface area contributed by atoms with Crippen LogP contribution in [0.5, 0.6) is 5.75 Å². The Morgan fingerprint density at radius 2 is 2.10 bits per heavy atom. The molecule has 0 unspecified atom stereocenters. The third-order valence-electron chi connectivity index (χ3n) is 2.86. The van der Waals surface area contributed by atoms with Gasteiger partial charge in [0.1, 0.15) is 10.6 Å². The summed E-state index contributed by atoms with van der Waals surface area (Å²) in [5.74, 6) is 0.226. The molecule has 0 spiro atoms. The molecule has 0 radical (unpaired) electrons. The van der Waals surface area contributed by atoms with Gasteiger partial charge in [0.2, 0.25) is 10.0 Å². The fraction of sp³-hybridized carbons (Fsp3) is 0.231. The van der Waals surface area contributed by atoms with Crippen LogP contribution < -0.4 is 10.5 Å². The molecule has 0 saturated heterocycles. The lowest BCUT2D eigenvalue weighted by molar-refractivity contribution is 0.397. The van der Waals surface area contributed by atoms with Crippen molar-refractivity contribution in [3.8, 4) is 5.75 Å². The zero-order valence-electron chi connectivity index (χ0n) is 11.2. The number of anilines is 1. The summed E-state index contributed by atoms with van der Waals surface area (Å²) in [6, 6.07) is 6.17. The van der Waals surface area contributed by atoms with E-state index in [1.165, 1.54) is 49.2 Å². The van der Waals surface area contributed by atoms with Gasteiger partial charge in [0.05, 0.1) is 19.6 Å². The van der Waals surface area contributed by atoms with E-state index in [1.54, 1.807) is 6.07 Å². The summed E-state index contributed by atoms with van der Waals surface area (Å²) in [5, 5.41) is 0. The minimum Gasteiger partial charge on any atom is -0.495 e. The van der Waals surface area contributed by atoms with E-state index in [0.29, 0.717) is 5.69 Å². The smallest absolute Gasteiger partial charge is 0.246 e. The van der Waals surface area contributed by atoms with E-state index in [9.17, 15) is 8.42 Å². The molecule has 1 aromatic carbocycles. The van der Waals surface area contributed by atoms with Crippen LogP contribution in [0.1, 0.15) is 5.56 Å². The van der Waals surface area contributed by atoms with Crippen LogP contribution in [-0.2, 0) is 16.6 Å². The molecule has 0 aliphatic carbocycles. The lowest BCUT2D eigenvalue weighted by Gasteiger charge is -2.18. The highest BCUT2D eigenvalue weighted by atomic mass is 32.2. The van der Waals surface area contributed by atoms with E-state index >= 15 is 0 Å². The third kappa shape index (κ3) is 2.78. The number of hydrogen-bond acceptors (Lipinski definition) is 5. The zero-order chi connectivity index (χ0) is 14.8. The first-order chi connectivity index (χ1) is 9.45. The summed E-state index contributed by atoms with van der Waals surface area (Å²) in [4.78, 5) is 0.0835. The molecule has 1 heterocycles. The first-order valence-corrected chi connectivity index (χ1v) is 7.30. The highest BCUT2D eigenvalue weighted by Crippen LogP contribution is 2.28. The van der Waals surface area contributed by atoms with Gasteiger partial charge in [0.15, 0.2) is 0 Å². The number of furan rings is 1. The second kappa shape index (κ2) is 5.56. The number of sulfonamides is 1. The minimum absolute atomic E-state index is 0.0835. The average Bonchev–Trinajstić information content (AvgIpc) is 2.91. The van der Waals surface area contributed by atoms with Crippen LogP contribution in [0.2, 0.25) is 0 Å². The quantitative estimate of drug-likeness (QED) is 0.849. The van der Waals surface area contributed by atoms with Crippen molar-refractivity contribution in [1.29, 1.82) is 0 Å². The Labute approximate surface area is 117 Å². The van der Waals surface area contributed by atoms with Gasteiger partial charge in [-0.2, -0.15) is 4.31 Å². The van der Waals surface area contributed by atoms with Crippen molar-refractivity contribution in [2.75, 3.05) is 19.9 Å². The molecule has 0 amide bonds. The number of methoxy groups -OCH3 is 1. The number of nitrogen functional groups attached to an aromatic ring is 1. The predicted molar refractivity (Wildman–Crippen MR) is 74.8 cm³/mol. The highest BCUT2D eigenvalue weighted by molar-refractivity contribution is 7.89. The van der Waals surface area contributed by atoms with Crippen LogP contribution in [0.4, 0.5) is 5.69 Å². The molecule has 0 bridgehead atoms. The molecule has 0 aliphatic rings. The monoisotopic (exact) mass is 296 g/mol. The van der Waals surface area contributed by atoms with Crippen LogP contribution in [-0.4, -0.2) is 26.9 Å². The number of nitrogens with two attached hydrogens (primary N) is 1. The maximum atomic E-state index is 12.5. The van der Waals surface area contributed by atoms with E-state index in [-0.39, 0.29) is 17.2 Å². The second-order valence-electron chi connectivity index (χ2n) is 4.30. The normalized spacial score (nSPS) is 11.8. The van der Waals surface area contributed by atoms with Gasteiger partial charge in [-0.3, -0.25) is 0 Å². The standard InChI is InChI=1S/C13H16N2O4S/c1-15(8-10-5-6-19-9-10)20(16,17)13-4-3-11(14)7-12(13)18-2/h3-7,9H,8,14H2,1-2H3. The van der Waals surface area contributed by atoms with E-state index < -0.39 is 10.0 Å². The first kappa shape index (κ1) is 14.4. The van der Waals surface area contributed by atoms with Gasteiger partial charge in [-0.05, 0) is 18.2 Å². The van der Waals surface area contributed by atoms with Gasteiger partial charge in [0.25, 0.3) is 0 Å². The third-order valence-corrected chi connectivity index (χ3v) is 4.70. The van der Waals surface area contributed by atoms with Crippen LogP contribution in [0.25, 0.3) is 0 Å². The number of rotatable bonds is 5. The maximum absolute atomic E-state index is 12.5. The van der Waals surface area contributed by atoms with Crippen molar-refractivity contribution >= 4 is 15.7 Å². The molecule has 20 heavy (non-hydrogen) atoms. The first-order valence-electron chi connectivity index (χ1n) is 5.86. The Morgan fingerprint density at radius 1 is 1.35 bits per heavy atom. The van der Waals surface area contributed by atoms with Gasteiger partial charge in [-0.1, -0.05) is 0 Å². The Kier molecular flexibility index (Phi) is 4.01. The Morgan fingerprint density at radius 3 is 2.70 bits per heavy atom. The molecule has 0 saturated carbocycles. The van der Waals surface area contributed by atoms with E-state index in [2.05, 4.69) is 0 Å². The molecule has 2 aromatic rings. The maximum Gasteiger partial charge on any atom is 0.246 e. The molecule has 1 aromatic heterocycles. The molecule has 7 heteroatoms. The molecule has 2 N–H and O–H groups in total. The van der Waals surface area contributed by atoms with Crippen molar-refractivity contribution in [3.05, 3.63) is 42.4 Å². The lowest BCUT2D eigenvalue weighted by atomic mass is 10.3. The largest absolute Gasteiger partial charge is 0.495 e. The summed E-state index contributed by atoms with van der Waals surface area (Å²) in [7, 11) is -0.759. The second-order valence-corrected chi connectivity index (χ2v) is 6.32. The molecular weight excluding hydrogens is 280 g/mol. The van der Waals surface area contributed by atoms with E-state index in [0.717, 1.165) is 5.56 Å². The number of benzene rings is 1. The van der Waals surface area contributed by atoms with Crippen LogP contribution in [0.3, 0.4) is 0 Å². The van der Waals surface area contributed by atoms with Crippen LogP contribution in [0.15, 0.2) is 46.1 Å². The van der Waals surface area contributed by atoms with Gasteiger partial charge in [-0.15, -0.1) is 0 Å². The molecular formula is C13H16N2O4S. The number of ether oxygens (including phenoxy) is 1. The zero-order valence-corrected chi connectivity index (χ0v) is 12.1. The van der Waals surface area contributed by atoms with Crippen molar-refractivity contribution in [2.24, 2.45) is 0 Å². The van der Waals surface area contributed by atoms with Crippen molar-refractivity contribution in [2.45, 2.75) is 11.4 Å². The van der Waals surface area contributed by atoms with Crippen molar-refractivity contribution in [3.63, 3.8) is 0 Å². The Balaban J connectivity index is 2.34. The number of nitrogens with zero attached hydrogens (tertiary/aromatic N) is 1. The average molecular weight is 296 g/mol. The minimum atomic E-state index is -3.66.